The quantitative estimate of drug-likeness (QED) is 0.472. The molecular formula is C21H16O5. The summed E-state index contributed by atoms with van der Waals surface area (Å²) in [7, 11) is 1.36. The summed E-state index contributed by atoms with van der Waals surface area (Å²) in [5.41, 5.74) is 3.02. The third-order valence-corrected chi connectivity index (χ3v) is 4.09. The van der Waals surface area contributed by atoms with Crippen molar-refractivity contribution in [2.24, 2.45) is 0 Å². The van der Waals surface area contributed by atoms with Crippen LogP contribution in [0.5, 0.6) is 5.75 Å². The number of ether oxygens (including phenoxy) is 2. The Labute approximate surface area is 149 Å². The Balaban J connectivity index is 1.56. The van der Waals surface area contributed by atoms with Gasteiger partial charge in [0.15, 0.2) is 0 Å². The fraction of sp³-hybridized carbons (Fsp3) is 0.0952. The molecule has 4 rings (SSSR count). The lowest BCUT2D eigenvalue weighted by molar-refractivity contribution is 0.0600. The molecule has 5 nitrogen and oxygen atoms in total. The van der Waals surface area contributed by atoms with Crippen molar-refractivity contribution in [3.05, 3.63) is 78.3 Å². The number of carbonyl (C=O) groups excluding carboxylic acids is 1. The van der Waals surface area contributed by atoms with Gasteiger partial charge in [0.2, 0.25) is 0 Å². The van der Waals surface area contributed by atoms with Crippen molar-refractivity contribution in [1.29, 1.82) is 0 Å². The fourth-order valence-corrected chi connectivity index (χ4v) is 2.79. The van der Waals surface area contributed by atoms with E-state index in [1.807, 2.05) is 36.4 Å². The fourth-order valence-electron chi connectivity index (χ4n) is 2.79. The first-order valence-electron chi connectivity index (χ1n) is 8.10. The minimum absolute atomic E-state index is 0.338. The van der Waals surface area contributed by atoms with Crippen molar-refractivity contribution in [2.45, 2.75) is 6.61 Å². The molecule has 2 aromatic heterocycles. The Morgan fingerprint density at radius 2 is 1.96 bits per heavy atom. The van der Waals surface area contributed by atoms with Crippen molar-refractivity contribution in [2.75, 3.05) is 7.11 Å². The molecule has 0 saturated heterocycles. The van der Waals surface area contributed by atoms with Gasteiger partial charge in [0.1, 0.15) is 30.0 Å². The molecule has 0 atom stereocenters. The van der Waals surface area contributed by atoms with Crippen LogP contribution >= 0.6 is 0 Å². The molecule has 4 aromatic rings. The van der Waals surface area contributed by atoms with Gasteiger partial charge in [0.05, 0.1) is 24.5 Å². The Morgan fingerprint density at radius 1 is 1.04 bits per heavy atom. The summed E-state index contributed by atoms with van der Waals surface area (Å²) < 4.78 is 21.7. The van der Waals surface area contributed by atoms with E-state index in [1.165, 1.54) is 7.11 Å². The van der Waals surface area contributed by atoms with Crippen LogP contribution in [0.15, 0.2) is 76.0 Å². The first kappa shape index (κ1) is 16.0. The van der Waals surface area contributed by atoms with Gasteiger partial charge < -0.3 is 18.3 Å². The van der Waals surface area contributed by atoms with Gasteiger partial charge in [0, 0.05) is 5.39 Å². The van der Waals surface area contributed by atoms with Crippen LogP contribution in [0.2, 0.25) is 0 Å². The van der Waals surface area contributed by atoms with Gasteiger partial charge in [-0.3, -0.25) is 0 Å². The first-order valence-corrected chi connectivity index (χ1v) is 8.10. The van der Waals surface area contributed by atoms with Crippen LogP contribution in [0.3, 0.4) is 0 Å². The summed E-state index contributed by atoms with van der Waals surface area (Å²) in [5.74, 6) is 1.08. The molecule has 0 radical (unpaired) electrons. The number of methoxy groups -OCH3 is 1. The molecule has 0 N–H and O–H groups in total. The van der Waals surface area contributed by atoms with Gasteiger partial charge in [-0.1, -0.05) is 12.1 Å². The van der Waals surface area contributed by atoms with Crippen molar-refractivity contribution in [3.63, 3.8) is 0 Å². The third-order valence-electron chi connectivity index (χ3n) is 4.09. The SMILES string of the molecule is COC(=O)c1cccc(COc2ccc3occ(-c4ccco4)c3c2)c1. The molecule has 0 aliphatic rings. The van der Waals surface area contributed by atoms with Crippen LogP contribution in [-0.4, -0.2) is 13.1 Å². The molecule has 0 aliphatic carbocycles. The van der Waals surface area contributed by atoms with Crippen LogP contribution in [-0.2, 0) is 11.3 Å². The van der Waals surface area contributed by atoms with E-state index in [0.717, 1.165) is 27.9 Å². The summed E-state index contributed by atoms with van der Waals surface area (Å²) in [6.07, 6.45) is 3.30. The summed E-state index contributed by atoms with van der Waals surface area (Å²) in [5, 5.41) is 0.917. The Hall–Kier alpha value is -3.47. The number of benzene rings is 2. The zero-order valence-corrected chi connectivity index (χ0v) is 14.1. The molecule has 26 heavy (non-hydrogen) atoms. The average Bonchev–Trinajstić information content (AvgIpc) is 3.35. The number of furan rings is 2. The number of rotatable bonds is 5. The maximum absolute atomic E-state index is 11.6. The van der Waals surface area contributed by atoms with Gasteiger partial charge in [0.25, 0.3) is 0 Å². The Kier molecular flexibility index (Phi) is 4.19. The van der Waals surface area contributed by atoms with E-state index >= 15 is 0 Å². The van der Waals surface area contributed by atoms with Gasteiger partial charge in [-0.25, -0.2) is 4.79 Å². The maximum Gasteiger partial charge on any atom is 0.337 e. The number of hydrogen-bond acceptors (Lipinski definition) is 5. The maximum atomic E-state index is 11.6. The Morgan fingerprint density at radius 3 is 2.77 bits per heavy atom. The van der Waals surface area contributed by atoms with Gasteiger partial charge in [-0.15, -0.1) is 0 Å². The zero-order valence-electron chi connectivity index (χ0n) is 14.1. The third kappa shape index (κ3) is 3.07. The van der Waals surface area contributed by atoms with E-state index in [1.54, 1.807) is 30.7 Å². The van der Waals surface area contributed by atoms with Gasteiger partial charge >= 0.3 is 5.97 Å². The first-order chi connectivity index (χ1) is 12.7. The van der Waals surface area contributed by atoms with Crippen LogP contribution in [0.25, 0.3) is 22.3 Å². The molecule has 0 saturated carbocycles. The lowest BCUT2D eigenvalue weighted by Crippen LogP contribution is -2.03. The van der Waals surface area contributed by atoms with Crippen molar-refractivity contribution in [3.8, 4) is 17.1 Å². The summed E-state index contributed by atoms with van der Waals surface area (Å²) >= 11 is 0. The number of carbonyl (C=O) groups is 1. The topological polar surface area (TPSA) is 61.8 Å². The summed E-state index contributed by atoms with van der Waals surface area (Å²) in [6, 6.07) is 16.5. The largest absolute Gasteiger partial charge is 0.489 e. The highest BCUT2D eigenvalue weighted by Crippen LogP contribution is 2.33. The number of fused-ring (bicyclic) bond motifs is 1. The molecule has 0 unspecified atom stereocenters. The molecule has 0 bridgehead atoms. The van der Waals surface area contributed by atoms with E-state index in [-0.39, 0.29) is 5.97 Å². The highest BCUT2D eigenvalue weighted by atomic mass is 16.5. The molecule has 0 spiro atoms. The Bertz CT molecular complexity index is 1040. The molecule has 2 aromatic carbocycles. The second-order valence-corrected chi connectivity index (χ2v) is 5.77. The van der Waals surface area contributed by atoms with E-state index in [4.69, 9.17) is 18.3 Å². The van der Waals surface area contributed by atoms with E-state index < -0.39 is 0 Å². The monoisotopic (exact) mass is 348 g/mol. The van der Waals surface area contributed by atoms with Crippen LogP contribution in [0.1, 0.15) is 15.9 Å². The minimum Gasteiger partial charge on any atom is -0.489 e. The standard InChI is InChI=1S/C21H16O5/c1-23-21(22)15-5-2-4-14(10-15)12-25-16-7-8-20-17(11-16)18(13-26-20)19-6-3-9-24-19/h2-11,13H,12H2,1H3. The molecule has 0 aliphatic heterocycles. The summed E-state index contributed by atoms with van der Waals surface area (Å²) in [6.45, 7) is 0.338. The van der Waals surface area contributed by atoms with Crippen molar-refractivity contribution in [1.82, 2.24) is 0 Å². The van der Waals surface area contributed by atoms with E-state index in [0.29, 0.717) is 17.9 Å². The minimum atomic E-state index is -0.366. The normalized spacial score (nSPS) is 10.8. The average molecular weight is 348 g/mol. The second kappa shape index (κ2) is 6.80. The zero-order chi connectivity index (χ0) is 17.9. The highest BCUT2D eigenvalue weighted by Gasteiger charge is 2.12. The predicted octanol–water partition coefficient (Wildman–Crippen LogP) is 5.06. The smallest absolute Gasteiger partial charge is 0.337 e. The molecule has 5 heteroatoms. The van der Waals surface area contributed by atoms with Gasteiger partial charge in [-0.05, 0) is 48.0 Å². The molecule has 0 amide bonds. The summed E-state index contributed by atoms with van der Waals surface area (Å²) in [4.78, 5) is 11.6. The van der Waals surface area contributed by atoms with E-state index in [2.05, 4.69) is 0 Å². The number of esters is 1. The van der Waals surface area contributed by atoms with Crippen molar-refractivity contribution < 1.29 is 23.1 Å². The molecule has 0 fully saturated rings. The molecule has 130 valence electrons. The lowest BCUT2D eigenvalue weighted by Gasteiger charge is -2.08. The number of hydrogen-bond donors (Lipinski definition) is 0. The van der Waals surface area contributed by atoms with Crippen molar-refractivity contribution >= 4 is 16.9 Å². The van der Waals surface area contributed by atoms with Gasteiger partial charge in [-0.2, -0.15) is 0 Å². The van der Waals surface area contributed by atoms with Crippen LogP contribution < -0.4 is 4.74 Å². The lowest BCUT2D eigenvalue weighted by atomic mass is 10.1. The second-order valence-electron chi connectivity index (χ2n) is 5.77. The molecule has 2 heterocycles. The van der Waals surface area contributed by atoms with Crippen LogP contribution in [0, 0.1) is 0 Å². The predicted molar refractivity (Wildman–Crippen MR) is 96.0 cm³/mol. The molecular weight excluding hydrogens is 332 g/mol. The van der Waals surface area contributed by atoms with Crippen LogP contribution in [0.4, 0.5) is 0 Å². The highest BCUT2D eigenvalue weighted by molar-refractivity contribution is 5.93. The van der Waals surface area contributed by atoms with E-state index in [9.17, 15) is 4.79 Å².